The van der Waals surface area contributed by atoms with Crippen LogP contribution in [0.25, 0.3) is 0 Å². The van der Waals surface area contributed by atoms with Gasteiger partial charge in [-0.25, -0.2) is 0 Å². The molecule has 2 aromatic heterocycles. The van der Waals surface area contributed by atoms with Crippen LogP contribution in [0.3, 0.4) is 0 Å². The van der Waals surface area contributed by atoms with E-state index in [9.17, 15) is 4.79 Å². The van der Waals surface area contributed by atoms with E-state index in [2.05, 4.69) is 20.6 Å². The summed E-state index contributed by atoms with van der Waals surface area (Å²) in [6.07, 6.45) is 4.96. The molecule has 0 atom stereocenters. The minimum absolute atomic E-state index is 0.262. The third-order valence-electron chi connectivity index (χ3n) is 3.38. The first-order valence-electron chi connectivity index (χ1n) is 7.47. The molecule has 0 spiro atoms. The Hall–Kier alpha value is -2.63. The molecule has 5 nitrogen and oxygen atoms in total. The van der Waals surface area contributed by atoms with Gasteiger partial charge in [-0.05, 0) is 42.0 Å². The number of halogens is 2. The lowest BCUT2D eigenvalue weighted by Gasteiger charge is -2.09. The molecule has 2 heterocycles. The van der Waals surface area contributed by atoms with Crippen LogP contribution in [0.1, 0.15) is 16.1 Å². The zero-order chi connectivity index (χ0) is 17.6. The van der Waals surface area contributed by atoms with Crippen molar-refractivity contribution in [3.05, 3.63) is 82.4 Å². The first kappa shape index (κ1) is 17.2. The number of nitrogens with one attached hydrogen (secondary N) is 2. The van der Waals surface area contributed by atoms with E-state index in [0.29, 0.717) is 22.3 Å². The highest BCUT2D eigenvalue weighted by Gasteiger charge is 2.08. The Bertz CT molecular complexity index is 887. The summed E-state index contributed by atoms with van der Waals surface area (Å²) < 4.78 is 0. The van der Waals surface area contributed by atoms with E-state index >= 15 is 0 Å². The Morgan fingerprint density at radius 1 is 1.00 bits per heavy atom. The maximum absolute atomic E-state index is 12.3. The van der Waals surface area contributed by atoms with Crippen LogP contribution >= 0.6 is 23.2 Å². The molecule has 0 saturated carbocycles. The summed E-state index contributed by atoms with van der Waals surface area (Å²) in [6, 6.07) is 12.4. The second kappa shape index (κ2) is 7.96. The van der Waals surface area contributed by atoms with Gasteiger partial charge >= 0.3 is 0 Å². The van der Waals surface area contributed by atoms with Gasteiger partial charge in [0.2, 0.25) is 0 Å². The normalized spacial score (nSPS) is 10.3. The molecule has 0 aliphatic heterocycles. The molecule has 126 valence electrons. The number of benzene rings is 1. The number of rotatable bonds is 5. The van der Waals surface area contributed by atoms with Crippen LogP contribution in [-0.4, -0.2) is 15.9 Å². The Morgan fingerprint density at radius 3 is 2.60 bits per heavy atom. The van der Waals surface area contributed by atoms with Gasteiger partial charge in [0.15, 0.2) is 0 Å². The summed E-state index contributed by atoms with van der Waals surface area (Å²) >= 11 is 11.9. The van der Waals surface area contributed by atoms with Crippen LogP contribution < -0.4 is 10.6 Å². The standard InChI is InChI=1S/C18H14Cl2N4O/c19-15-4-3-13(8-16(15)20)24-14-5-7-22-17(9-14)18(25)23-11-12-2-1-6-21-10-12/h1-10H,11H2,(H,22,24)(H,23,25). The average molecular weight is 373 g/mol. The van der Waals surface area contributed by atoms with Crippen molar-refractivity contribution < 1.29 is 4.79 Å². The molecule has 3 aromatic rings. The summed E-state index contributed by atoms with van der Waals surface area (Å²) in [5, 5.41) is 6.92. The van der Waals surface area contributed by atoms with Crippen LogP contribution in [0, 0.1) is 0 Å². The molecule has 2 N–H and O–H groups in total. The van der Waals surface area contributed by atoms with Crippen LogP contribution in [0.2, 0.25) is 10.0 Å². The van der Waals surface area contributed by atoms with Crippen molar-refractivity contribution >= 4 is 40.5 Å². The fourth-order valence-electron chi connectivity index (χ4n) is 2.15. The first-order valence-corrected chi connectivity index (χ1v) is 8.22. The van der Waals surface area contributed by atoms with Gasteiger partial charge in [-0.15, -0.1) is 0 Å². The van der Waals surface area contributed by atoms with E-state index in [1.165, 1.54) is 0 Å². The van der Waals surface area contributed by atoms with Crippen molar-refractivity contribution in [3.63, 3.8) is 0 Å². The van der Waals surface area contributed by atoms with Crippen LogP contribution in [0.4, 0.5) is 11.4 Å². The van der Waals surface area contributed by atoms with E-state index in [4.69, 9.17) is 23.2 Å². The number of amides is 1. The van der Waals surface area contributed by atoms with Crippen molar-refractivity contribution in [2.45, 2.75) is 6.54 Å². The van der Waals surface area contributed by atoms with Crippen LogP contribution in [-0.2, 0) is 6.54 Å². The number of hydrogen-bond donors (Lipinski definition) is 2. The second-order valence-corrected chi connectivity index (χ2v) is 6.04. The van der Waals surface area contributed by atoms with E-state index in [-0.39, 0.29) is 5.91 Å². The molecule has 0 bridgehead atoms. The lowest BCUT2D eigenvalue weighted by Crippen LogP contribution is -2.23. The van der Waals surface area contributed by atoms with Crippen LogP contribution in [0.15, 0.2) is 61.1 Å². The predicted molar refractivity (Wildman–Crippen MR) is 99.4 cm³/mol. The minimum Gasteiger partial charge on any atom is -0.355 e. The SMILES string of the molecule is O=C(NCc1cccnc1)c1cc(Nc2ccc(Cl)c(Cl)c2)ccn1. The number of hydrogen-bond acceptors (Lipinski definition) is 4. The molecule has 0 saturated heterocycles. The molecule has 3 rings (SSSR count). The van der Waals surface area contributed by atoms with Gasteiger partial charge in [0.1, 0.15) is 5.69 Å². The van der Waals surface area contributed by atoms with Crippen molar-refractivity contribution in [1.82, 2.24) is 15.3 Å². The molecule has 7 heteroatoms. The van der Waals surface area contributed by atoms with Gasteiger partial charge in [-0.2, -0.15) is 0 Å². The van der Waals surface area contributed by atoms with E-state index in [0.717, 1.165) is 16.9 Å². The largest absolute Gasteiger partial charge is 0.355 e. The topological polar surface area (TPSA) is 66.9 Å². The maximum Gasteiger partial charge on any atom is 0.270 e. The Kier molecular flexibility index (Phi) is 5.48. The average Bonchev–Trinajstić information content (AvgIpc) is 2.64. The fourth-order valence-corrected chi connectivity index (χ4v) is 2.45. The number of carbonyl (C=O) groups excluding carboxylic acids is 1. The van der Waals surface area contributed by atoms with Crippen molar-refractivity contribution in [1.29, 1.82) is 0 Å². The third-order valence-corrected chi connectivity index (χ3v) is 4.12. The van der Waals surface area contributed by atoms with Crippen LogP contribution in [0.5, 0.6) is 0 Å². The molecular formula is C18H14Cl2N4O. The summed E-state index contributed by atoms with van der Waals surface area (Å²) in [6.45, 7) is 0.388. The van der Waals surface area contributed by atoms with E-state index < -0.39 is 0 Å². The lowest BCUT2D eigenvalue weighted by molar-refractivity contribution is 0.0946. The summed E-state index contributed by atoms with van der Waals surface area (Å²) in [5.74, 6) is -0.262. The molecule has 1 amide bonds. The Labute approximate surface area is 155 Å². The molecule has 0 aliphatic carbocycles. The summed E-state index contributed by atoms with van der Waals surface area (Å²) in [5.41, 5.74) is 2.72. The van der Waals surface area contributed by atoms with E-state index in [1.807, 2.05) is 12.1 Å². The molecule has 25 heavy (non-hydrogen) atoms. The van der Waals surface area contributed by atoms with Crippen molar-refractivity contribution in [3.8, 4) is 0 Å². The fraction of sp³-hybridized carbons (Fsp3) is 0.0556. The summed E-state index contributed by atoms with van der Waals surface area (Å²) in [7, 11) is 0. The Morgan fingerprint density at radius 2 is 1.84 bits per heavy atom. The van der Waals surface area contributed by atoms with Crippen molar-refractivity contribution in [2.75, 3.05) is 5.32 Å². The number of anilines is 2. The number of aromatic nitrogens is 2. The molecular weight excluding hydrogens is 359 g/mol. The number of nitrogens with zero attached hydrogens (tertiary/aromatic N) is 2. The van der Waals surface area contributed by atoms with Gasteiger partial charge < -0.3 is 10.6 Å². The zero-order valence-corrected chi connectivity index (χ0v) is 14.6. The summed E-state index contributed by atoms with van der Waals surface area (Å²) in [4.78, 5) is 20.4. The maximum atomic E-state index is 12.3. The van der Waals surface area contributed by atoms with Gasteiger partial charge in [0.25, 0.3) is 5.91 Å². The monoisotopic (exact) mass is 372 g/mol. The first-order chi connectivity index (χ1) is 12.1. The van der Waals surface area contributed by atoms with Crippen molar-refractivity contribution in [2.24, 2.45) is 0 Å². The highest BCUT2D eigenvalue weighted by molar-refractivity contribution is 6.42. The lowest BCUT2D eigenvalue weighted by atomic mass is 10.2. The molecule has 0 aliphatic rings. The second-order valence-electron chi connectivity index (χ2n) is 5.23. The third kappa shape index (κ3) is 4.68. The minimum atomic E-state index is -0.262. The van der Waals surface area contributed by atoms with E-state index in [1.54, 1.807) is 48.9 Å². The zero-order valence-electron chi connectivity index (χ0n) is 13.0. The molecule has 0 fully saturated rings. The molecule has 0 unspecified atom stereocenters. The smallest absolute Gasteiger partial charge is 0.270 e. The number of carbonyl (C=O) groups is 1. The highest BCUT2D eigenvalue weighted by atomic mass is 35.5. The quantitative estimate of drug-likeness (QED) is 0.693. The predicted octanol–water partition coefficient (Wildman–Crippen LogP) is 4.46. The Balaban J connectivity index is 1.68. The molecule has 1 aromatic carbocycles. The van der Waals surface area contributed by atoms with Gasteiger partial charge in [0, 0.05) is 36.5 Å². The highest BCUT2D eigenvalue weighted by Crippen LogP contribution is 2.27. The van der Waals surface area contributed by atoms with Gasteiger partial charge in [-0.1, -0.05) is 29.3 Å². The van der Waals surface area contributed by atoms with Gasteiger partial charge in [0.05, 0.1) is 10.0 Å². The van der Waals surface area contributed by atoms with Gasteiger partial charge in [-0.3, -0.25) is 14.8 Å². The molecule has 0 radical (unpaired) electrons. The number of pyridine rings is 2.